The van der Waals surface area contributed by atoms with Crippen molar-refractivity contribution >= 4 is 29.2 Å². The van der Waals surface area contributed by atoms with Gasteiger partial charge in [-0.3, -0.25) is 9.59 Å². The highest BCUT2D eigenvalue weighted by Gasteiger charge is 2.22. The minimum atomic E-state index is -0.353. The van der Waals surface area contributed by atoms with Crippen LogP contribution in [-0.4, -0.2) is 49.6 Å². The Morgan fingerprint density at radius 1 is 0.966 bits per heavy atom. The van der Waals surface area contributed by atoms with Crippen molar-refractivity contribution in [1.82, 2.24) is 4.90 Å². The van der Waals surface area contributed by atoms with Crippen LogP contribution in [-0.2, 0) is 33.6 Å². The maximum atomic E-state index is 12.4. The van der Waals surface area contributed by atoms with Crippen LogP contribution in [0.15, 0.2) is 42.5 Å². The standard InChI is InChI=1S/C23H25ClN2O3/c24-20-5-2-6-21(15-20)25-9-11-26(12-10-25)22(27)16-29-23(28)14-17-7-8-18-3-1-4-19(18)13-17/h2,5-8,13,15H,1,3-4,9-12,14,16H2. The summed E-state index contributed by atoms with van der Waals surface area (Å²) in [4.78, 5) is 28.5. The van der Waals surface area contributed by atoms with Crippen LogP contribution in [0.5, 0.6) is 0 Å². The van der Waals surface area contributed by atoms with Gasteiger partial charge in [-0.05, 0) is 54.2 Å². The van der Waals surface area contributed by atoms with Crippen LogP contribution < -0.4 is 4.90 Å². The molecule has 152 valence electrons. The summed E-state index contributed by atoms with van der Waals surface area (Å²) in [7, 11) is 0. The minimum absolute atomic E-state index is 0.141. The summed E-state index contributed by atoms with van der Waals surface area (Å²) in [5.74, 6) is -0.494. The molecule has 0 radical (unpaired) electrons. The fourth-order valence-corrected chi connectivity index (χ4v) is 4.26. The van der Waals surface area contributed by atoms with Crippen LogP contribution in [0.3, 0.4) is 0 Å². The van der Waals surface area contributed by atoms with Gasteiger partial charge in [-0.2, -0.15) is 0 Å². The second kappa shape index (κ2) is 8.87. The van der Waals surface area contributed by atoms with Gasteiger partial charge >= 0.3 is 5.97 Å². The van der Waals surface area contributed by atoms with Crippen LogP contribution in [0.1, 0.15) is 23.1 Å². The lowest BCUT2D eigenvalue weighted by Gasteiger charge is -2.36. The number of halogens is 1. The molecule has 0 saturated carbocycles. The highest BCUT2D eigenvalue weighted by atomic mass is 35.5. The number of carbonyl (C=O) groups excluding carboxylic acids is 2. The number of hydrogen-bond acceptors (Lipinski definition) is 4. The van der Waals surface area contributed by atoms with Crippen molar-refractivity contribution in [2.24, 2.45) is 0 Å². The Hall–Kier alpha value is -2.53. The van der Waals surface area contributed by atoms with Crippen molar-refractivity contribution in [2.75, 3.05) is 37.7 Å². The molecule has 1 aliphatic carbocycles. The van der Waals surface area contributed by atoms with Gasteiger partial charge in [0, 0.05) is 36.9 Å². The molecule has 4 rings (SSSR count). The van der Waals surface area contributed by atoms with Gasteiger partial charge in [-0.1, -0.05) is 35.9 Å². The monoisotopic (exact) mass is 412 g/mol. The van der Waals surface area contributed by atoms with Crippen LogP contribution in [0.2, 0.25) is 5.02 Å². The van der Waals surface area contributed by atoms with E-state index in [1.807, 2.05) is 30.3 Å². The first-order valence-electron chi connectivity index (χ1n) is 10.1. The van der Waals surface area contributed by atoms with E-state index < -0.39 is 0 Å². The molecule has 1 saturated heterocycles. The Kier molecular flexibility index (Phi) is 6.05. The molecule has 1 heterocycles. The predicted molar refractivity (Wildman–Crippen MR) is 113 cm³/mol. The molecular formula is C23H25ClN2O3. The van der Waals surface area contributed by atoms with Gasteiger partial charge in [0.1, 0.15) is 0 Å². The zero-order valence-electron chi connectivity index (χ0n) is 16.4. The second-order valence-corrected chi connectivity index (χ2v) is 8.08. The molecule has 0 unspecified atom stereocenters. The number of fused-ring (bicyclic) bond motifs is 1. The van der Waals surface area contributed by atoms with E-state index in [4.69, 9.17) is 16.3 Å². The largest absolute Gasteiger partial charge is 0.455 e. The maximum absolute atomic E-state index is 12.4. The van der Waals surface area contributed by atoms with Gasteiger partial charge in [-0.25, -0.2) is 0 Å². The topological polar surface area (TPSA) is 49.9 Å². The number of anilines is 1. The Bertz CT molecular complexity index is 907. The summed E-state index contributed by atoms with van der Waals surface area (Å²) in [6.45, 7) is 2.48. The Balaban J connectivity index is 1.22. The molecule has 29 heavy (non-hydrogen) atoms. The van der Waals surface area contributed by atoms with Gasteiger partial charge in [0.25, 0.3) is 5.91 Å². The van der Waals surface area contributed by atoms with Gasteiger partial charge in [0.2, 0.25) is 0 Å². The minimum Gasteiger partial charge on any atom is -0.455 e. The van der Waals surface area contributed by atoms with Crippen molar-refractivity contribution < 1.29 is 14.3 Å². The van der Waals surface area contributed by atoms with Crippen molar-refractivity contribution in [1.29, 1.82) is 0 Å². The summed E-state index contributed by atoms with van der Waals surface area (Å²) in [6, 6.07) is 13.9. The van der Waals surface area contributed by atoms with E-state index in [1.54, 1.807) is 4.90 Å². The molecule has 0 aromatic heterocycles. The van der Waals surface area contributed by atoms with Crippen molar-refractivity contribution in [2.45, 2.75) is 25.7 Å². The Morgan fingerprint density at radius 2 is 1.76 bits per heavy atom. The zero-order chi connectivity index (χ0) is 20.2. The smallest absolute Gasteiger partial charge is 0.310 e. The second-order valence-electron chi connectivity index (χ2n) is 7.64. The average Bonchev–Trinajstić information content (AvgIpc) is 3.20. The number of amides is 1. The summed E-state index contributed by atoms with van der Waals surface area (Å²) < 4.78 is 5.25. The lowest BCUT2D eigenvalue weighted by atomic mass is 10.0. The lowest BCUT2D eigenvalue weighted by Crippen LogP contribution is -2.50. The third-order valence-corrected chi connectivity index (χ3v) is 5.91. The molecule has 2 aliphatic rings. The third kappa shape index (κ3) is 4.91. The van der Waals surface area contributed by atoms with E-state index in [9.17, 15) is 9.59 Å². The van der Waals surface area contributed by atoms with Gasteiger partial charge < -0.3 is 14.5 Å². The number of hydrogen-bond donors (Lipinski definition) is 0. The molecular weight excluding hydrogens is 388 g/mol. The summed E-state index contributed by atoms with van der Waals surface area (Å²) >= 11 is 6.06. The van der Waals surface area contributed by atoms with Crippen LogP contribution >= 0.6 is 11.6 Å². The molecule has 0 N–H and O–H groups in total. The number of nitrogens with zero attached hydrogens (tertiary/aromatic N) is 2. The first-order valence-corrected chi connectivity index (χ1v) is 10.5. The van der Waals surface area contributed by atoms with E-state index in [0.717, 1.165) is 37.2 Å². The van der Waals surface area contributed by atoms with Gasteiger partial charge in [-0.15, -0.1) is 0 Å². The molecule has 1 amide bonds. The van der Waals surface area contributed by atoms with E-state index in [2.05, 4.69) is 17.0 Å². The molecule has 2 aromatic carbocycles. The summed E-state index contributed by atoms with van der Waals surface area (Å²) in [5.41, 5.74) is 4.74. The molecule has 1 fully saturated rings. The number of piperazine rings is 1. The van der Waals surface area contributed by atoms with Crippen molar-refractivity contribution in [3.05, 3.63) is 64.2 Å². The first kappa shape index (κ1) is 19.8. The molecule has 1 aliphatic heterocycles. The molecule has 0 atom stereocenters. The highest BCUT2D eigenvalue weighted by molar-refractivity contribution is 6.30. The molecule has 0 bridgehead atoms. The molecule has 0 spiro atoms. The highest BCUT2D eigenvalue weighted by Crippen LogP contribution is 2.23. The van der Waals surface area contributed by atoms with E-state index >= 15 is 0 Å². The Labute approximate surface area is 176 Å². The fourth-order valence-electron chi connectivity index (χ4n) is 4.07. The summed E-state index contributed by atoms with van der Waals surface area (Å²) in [6.07, 6.45) is 3.60. The normalized spacial score (nSPS) is 15.9. The van der Waals surface area contributed by atoms with Crippen LogP contribution in [0.25, 0.3) is 0 Å². The first-order chi connectivity index (χ1) is 14.1. The Morgan fingerprint density at radius 3 is 2.55 bits per heavy atom. The lowest BCUT2D eigenvalue weighted by molar-refractivity contribution is -0.151. The molecule has 5 nitrogen and oxygen atoms in total. The number of carbonyl (C=O) groups is 2. The SMILES string of the molecule is O=C(Cc1ccc2c(c1)CCC2)OCC(=O)N1CCN(c2cccc(Cl)c2)CC1. The number of rotatable bonds is 5. The van der Waals surface area contributed by atoms with Gasteiger partial charge in [0.15, 0.2) is 6.61 Å². The number of esters is 1. The van der Waals surface area contributed by atoms with Crippen LogP contribution in [0.4, 0.5) is 5.69 Å². The average molecular weight is 413 g/mol. The zero-order valence-corrected chi connectivity index (χ0v) is 17.2. The molecule has 2 aromatic rings. The quantitative estimate of drug-likeness (QED) is 0.707. The maximum Gasteiger partial charge on any atom is 0.310 e. The fraction of sp³-hybridized carbons (Fsp3) is 0.391. The number of aryl methyl sites for hydroxylation is 2. The third-order valence-electron chi connectivity index (χ3n) is 5.67. The van der Waals surface area contributed by atoms with E-state index in [-0.39, 0.29) is 24.9 Å². The summed E-state index contributed by atoms with van der Waals surface area (Å²) in [5, 5.41) is 0.705. The van der Waals surface area contributed by atoms with Crippen molar-refractivity contribution in [3.8, 4) is 0 Å². The van der Waals surface area contributed by atoms with E-state index in [0.29, 0.717) is 18.1 Å². The molecule has 6 heteroatoms. The van der Waals surface area contributed by atoms with Gasteiger partial charge in [0.05, 0.1) is 6.42 Å². The van der Waals surface area contributed by atoms with Crippen LogP contribution in [0, 0.1) is 0 Å². The number of benzene rings is 2. The van der Waals surface area contributed by atoms with Crippen molar-refractivity contribution in [3.63, 3.8) is 0 Å². The number of ether oxygens (including phenoxy) is 1. The van der Waals surface area contributed by atoms with E-state index in [1.165, 1.54) is 17.5 Å². The predicted octanol–water partition coefficient (Wildman–Crippen LogP) is 3.26.